The topological polar surface area (TPSA) is 77.2 Å². The minimum Gasteiger partial charge on any atom is -0.493 e. The minimum absolute atomic E-state index is 0.128. The Kier molecular flexibility index (Phi) is 5.00. The number of carbonyl (C=O) groups is 1. The van der Waals surface area contributed by atoms with Gasteiger partial charge in [-0.2, -0.15) is 4.98 Å². The number of benzene rings is 1. The van der Waals surface area contributed by atoms with Crippen LogP contribution in [0.2, 0.25) is 0 Å². The summed E-state index contributed by atoms with van der Waals surface area (Å²) in [5.74, 6) is 1.54. The summed E-state index contributed by atoms with van der Waals surface area (Å²) in [7, 11) is 0. The average molecular weight is 329 g/mol. The van der Waals surface area contributed by atoms with E-state index in [0.29, 0.717) is 18.3 Å². The number of ether oxygens (including phenoxy) is 1. The molecule has 1 aromatic carbocycles. The number of hydrogen-bond acceptors (Lipinski definition) is 6. The van der Waals surface area contributed by atoms with Crippen molar-refractivity contribution >= 4 is 17.2 Å². The number of para-hydroxylation sites is 1. The van der Waals surface area contributed by atoms with Gasteiger partial charge in [-0.3, -0.25) is 4.79 Å². The quantitative estimate of drug-likeness (QED) is 0.721. The Morgan fingerprint density at radius 1 is 1.22 bits per heavy atom. The van der Waals surface area contributed by atoms with Crippen LogP contribution in [0.25, 0.3) is 10.7 Å². The average Bonchev–Trinajstić information content (AvgIpc) is 3.25. The van der Waals surface area contributed by atoms with E-state index in [2.05, 4.69) is 15.5 Å². The number of aromatic nitrogens is 2. The van der Waals surface area contributed by atoms with Crippen LogP contribution < -0.4 is 10.1 Å². The highest BCUT2D eigenvalue weighted by Gasteiger charge is 2.10. The van der Waals surface area contributed by atoms with E-state index in [9.17, 15) is 4.79 Å². The van der Waals surface area contributed by atoms with Crippen molar-refractivity contribution in [3.8, 4) is 16.5 Å². The second-order valence-electron chi connectivity index (χ2n) is 4.68. The van der Waals surface area contributed by atoms with E-state index in [1.165, 1.54) is 11.3 Å². The van der Waals surface area contributed by atoms with Crippen molar-refractivity contribution in [2.45, 2.75) is 13.0 Å². The zero-order chi connectivity index (χ0) is 15.9. The van der Waals surface area contributed by atoms with Crippen LogP contribution in [0.4, 0.5) is 0 Å². The van der Waals surface area contributed by atoms with Crippen LogP contribution in [0.3, 0.4) is 0 Å². The first-order valence-electron chi connectivity index (χ1n) is 7.12. The van der Waals surface area contributed by atoms with E-state index >= 15 is 0 Å². The molecule has 3 rings (SSSR count). The van der Waals surface area contributed by atoms with Crippen LogP contribution >= 0.6 is 11.3 Å². The predicted molar refractivity (Wildman–Crippen MR) is 86.0 cm³/mol. The first kappa shape index (κ1) is 15.2. The molecule has 2 aromatic heterocycles. The molecule has 0 aliphatic carbocycles. The van der Waals surface area contributed by atoms with Gasteiger partial charge in [-0.25, -0.2) is 0 Å². The van der Waals surface area contributed by atoms with Crippen molar-refractivity contribution in [3.63, 3.8) is 0 Å². The number of nitrogens with zero attached hydrogens (tertiary/aromatic N) is 2. The lowest BCUT2D eigenvalue weighted by Crippen LogP contribution is -2.24. The first-order valence-corrected chi connectivity index (χ1v) is 8.00. The molecule has 0 saturated carbocycles. The molecule has 23 heavy (non-hydrogen) atoms. The zero-order valence-electron chi connectivity index (χ0n) is 12.3. The summed E-state index contributed by atoms with van der Waals surface area (Å²) in [5, 5.41) is 8.56. The van der Waals surface area contributed by atoms with E-state index in [-0.39, 0.29) is 18.9 Å². The van der Waals surface area contributed by atoms with Crippen LogP contribution in [0.1, 0.15) is 12.3 Å². The molecular formula is C16H15N3O3S. The standard InChI is InChI=1S/C16H15N3O3S/c20-14(8-9-21-12-5-2-1-3-6-12)17-11-15-18-16(19-22-15)13-7-4-10-23-13/h1-7,10H,8-9,11H2,(H,17,20). The molecule has 0 aliphatic heterocycles. The predicted octanol–water partition coefficient (Wildman–Crippen LogP) is 2.88. The molecular weight excluding hydrogens is 314 g/mol. The van der Waals surface area contributed by atoms with Crippen molar-refractivity contribution in [3.05, 3.63) is 53.7 Å². The van der Waals surface area contributed by atoms with Gasteiger partial charge in [-0.05, 0) is 23.6 Å². The summed E-state index contributed by atoms with van der Waals surface area (Å²) in [4.78, 5) is 16.9. The number of carbonyl (C=O) groups excluding carboxylic acids is 1. The zero-order valence-corrected chi connectivity index (χ0v) is 13.1. The fraction of sp³-hybridized carbons (Fsp3) is 0.188. The van der Waals surface area contributed by atoms with Gasteiger partial charge in [0.05, 0.1) is 24.4 Å². The van der Waals surface area contributed by atoms with Crippen molar-refractivity contribution < 1.29 is 14.1 Å². The second kappa shape index (κ2) is 7.55. The molecule has 0 fully saturated rings. The Morgan fingerprint density at radius 3 is 2.87 bits per heavy atom. The van der Waals surface area contributed by atoms with Gasteiger partial charge in [0, 0.05) is 0 Å². The molecule has 0 atom stereocenters. The van der Waals surface area contributed by atoms with E-state index in [0.717, 1.165) is 10.6 Å². The Morgan fingerprint density at radius 2 is 2.09 bits per heavy atom. The maximum absolute atomic E-state index is 11.8. The molecule has 3 aromatic rings. The van der Waals surface area contributed by atoms with Crippen LogP contribution in [0, 0.1) is 0 Å². The van der Waals surface area contributed by atoms with Gasteiger partial charge in [-0.1, -0.05) is 29.4 Å². The molecule has 0 unspecified atom stereocenters. The molecule has 1 amide bonds. The smallest absolute Gasteiger partial charge is 0.246 e. The number of rotatable bonds is 7. The number of hydrogen-bond donors (Lipinski definition) is 1. The fourth-order valence-electron chi connectivity index (χ4n) is 1.87. The summed E-state index contributed by atoms with van der Waals surface area (Å²) in [6, 6.07) is 13.2. The molecule has 0 saturated heterocycles. The van der Waals surface area contributed by atoms with Crippen LogP contribution in [0.5, 0.6) is 5.75 Å². The van der Waals surface area contributed by atoms with E-state index in [1.807, 2.05) is 47.8 Å². The maximum Gasteiger partial charge on any atom is 0.246 e. The Balaban J connectivity index is 1.41. The van der Waals surface area contributed by atoms with Gasteiger partial charge in [0.15, 0.2) is 0 Å². The van der Waals surface area contributed by atoms with Crippen molar-refractivity contribution in [1.82, 2.24) is 15.5 Å². The fourth-order valence-corrected chi connectivity index (χ4v) is 2.52. The van der Waals surface area contributed by atoms with Gasteiger partial charge in [0.25, 0.3) is 0 Å². The summed E-state index contributed by atoms with van der Waals surface area (Å²) < 4.78 is 10.6. The molecule has 0 bridgehead atoms. The number of amides is 1. The lowest BCUT2D eigenvalue weighted by atomic mass is 10.3. The van der Waals surface area contributed by atoms with E-state index in [4.69, 9.17) is 9.26 Å². The Bertz CT molecular complexity index is 741. The highest BCUT2D eigenvalue weighted by Crippen LogP contribution is 2.21. The first-order chi connectivity index (χ1) is 11.3. The minimum atomic E-state index is -0.128. The number of thiophene rings is 1. The molecule has 0 aliphatic rings. The van der Waals surface area contributed by atoms with Gasteiger partial charge >= 0.3 is 0 Å². The summed E-state index contributed by atoms with van der Waals surface area (Å²) in [5.41, 5.74) is 0. The summed E-state index contributed by atoms with van der Waals surface area (Å²) in [6.07, 6.45) is 0.265. The summed E-state index contributed by atoms with van der Waals surface area (Å²) >= 11 is 1.53. The molecule has 0 radical (unpaired) electrons. The Hall–Kier alpha value is -2.67. The van der Waals surface area contributed by atoms with Crippen molar-refractivity contribution in [2.75, 3.05) is 6.61 Å². The maximum atomic E-state index is 11.8. The third kappa shape index (κ3) is 4.40. The SMILES string of the molecule is O=C(CCOc1ccccc1)NCc1nc(-c2cccs2)no1. The molecule has 6 nitrogen and oxygen atoms in total. The second-order valence-corrected chi connectivity index (χ2v) is 5.62. The Labute approximate surface area is 137 Å². The lowest BCUT2D eigenvalue weighted by molar-refractivity contribution is -0.121. The molecule has 0 spiro atoms. The highest BCUT2D eigenvalue weighted by atomic mass is 32.1. The van der Waals surface area contributed by atoms with E-state index in [1.54, 1.807) is 0 Å². The molecule has 2 heterocycles. The van der Waals surface area contributed by atoms with Crippen LogP contribution in [-0.4, -0.2) is 22.7 Å². The number of nitrogens with one attached hydrogen (secondary N) is 1. The van der Waals surface area contributed by atoms with E-state index < -0.39 is 0 Å². The van der Waals surface area contributed by atoms with Gasteiger partial charge in [0.1, 0.15) is 5.75 Å². The van der Waals surface area contributed by atoms with Crippen LogP contribution in [0.15, 0.2) is 52.4 Å². The normalized spacial score (nSPS) is 10.4. The van der Waals surface area contributed by atoms with Crippen molar-refractivity contribution in [1.29, 1.82) is 0 Å². The highest BCUT2D eigenvalue weighted by molar-refractivity contribution is 7.13. The van der Waals surface area contributed by atoms with Gasteiger partial charge in [-0.15, -0.1) is 11.3 Å². The van der Waals surface area contributed by atoms with Gasteiger partial charge < -0.3 is 14.6 Å². The molecule has 118 valence electrons. The lowest BCUT2D eigenvalue weighted by Gasteiger charge is -2.05. The van der Waals surface area contributed by atoms with Gasteiger partial charge in [0.2, 0.25) is 17.6 Å². The third-order valence-electron chi connectivity index (χ3n) is 2.99. The van der Waals surface area contributed by atoms with Crippen molar-refractivity contribution in [2.24, 2.45) is 0 Å². The summed E-state index contributed by atoms with van der Waals surface area (Å²) in [6.45, 7) is 0.530. The largest absolute Gasteiger partial charge is 0.493 e. The van der Waals surface area contributed by atoms with Crippen LogP contribution in [-0.2, 0) is 11.3 Å². The monoisotopic (exact) mass is 329 g/mol. The third-order valence-corrected chi connectivity index (χ3v) is 3.85. The molecule has 7 heteroatoms. The molecule has 1 N–H and O–H groups in total.